The van der Waals surface area contributed by atoms with Gasteiger partial charge in [-0.25, -0.2) is 5.48 Å². The van der Waals surface area contributed by atoms with E-state index in [1.54, 1.807) is 4.90 Å². The predicted molar refractivity (Wildman–Crippen MR) is 91.5 cm³/mol. The summed E-state index contributed by atoms with van der Waals surface area (Å²) >= 11 is 0. The first kappa shape index (κ1) is 18.3. The van der Waals surface area contributed by atoms with Gasteiger partial charge in [-0.15, -0.1) is 0 Å². The SMILES string of the molecule is BCC1CNC(CONC(=O)[C@@H]2CCC(CC)CN2C(C)=O)C1. The Morgan fingerprint density at radius 2 is 2.13 bits per heavy atom. The largest absolute Gasteiger partial charge is 0.331 e. The third kappa shape index (κ3) is 4.95. The molecule has 0 aromatic heterocycles. The second-order valence-electron chi connectivity index (χ2n) is 6.93. The fraction of sp³-hybridized carbons (Fsp3) is 0.875. The van der Waals surface area contributed by atoms with Crippen LogP contribution in [0.25, 0.3) is 0 Å². The van der Waals surface area contributed by atoms with Crippen LogP contribution in [-0.4, -0.2) is 56.3 Å². The van der Waals surface area contributed by atoms with Gasteiger partial charge in [0.05, 0.1) is 6.61 Å². The molecule has 0 radical (unpaired) electrons. The minimum Gasteiger partial charge on any atom is -0.331 e. The Hall–Kier alpha value is -1.08. The molecule has 7 heteroatoms. The van der Waals surface area contributed by atoms with Gasteiger partial charge in [0, 0.05) is 19.5 Å². The van der Waals surface area contributed by atoms with Crippen molar-refractivity contribution >= 4 is 19.7 Å². The first-order valence-corrected chi connectivity index (χ1v) is 8.97. The minimum atomic E-state index is -0.393. The van der Waals surface area contributed by atoms with Gasteiger partial charge < -0.3 is 10.2 Å². The molecule has 2 aliphatic heterocycles. The van der Waals surface area contributed by atoms with E-state index >= 15 is 0 Å². The van der Waals surface area contributed by atoms with Gasteiger partial charge in [-0.3, -0.25) is 14.4 Å². The first-order valence-electron chi connectivity index (χ1n) is 8.97. The molecule has 0 saturated carbocycles. The molecule has 23 heavy (non-hydrogen) atoms. The first-order chi connectivity index (χ1) is 11.0. The maximum absolute atomic E-state index is 12.4. The monoisotopic (exact) mass is 323 g/mol. The Morgan fingerprint density at radius 3 is 2.74 bits per heavy atom. The zero-order valence-electron chi connectivity index (χ0n) is 14.6. The van der Waals surface area contributed by atoms with Gasteiger partial charge in [-0.2, -0.15) is 0 Å². The van der Waals surface area contributed by atoms with Crippen molar-refractivity contribution in [2.24, 2.45) is 11.8 Å². The Kier molecular flexibility index (Phi) is 6.90. The van der Waals surface area contributed by atoms with Crippen molar-refractivity contribution in [2.45, 2.75) is 57.9 Å². The van der Waals surface area contributed by atoms with Gasteiger partial charge in [-0.05, 0) is 37.6 Å². The van der Waals surface area contributed by atoms with Crippen LogP contribution in [0, 0.1) is 11.8 Å². The lowest BCUT2D eigenvalue weighted by molar-refractivity contribution is -0.149. The summed E-state index contributed by atoms with van der Waals surface area (Å²) in [5.74, 6) is 0.973. The number of hydrogen-bond donors (Lipinski definition) is 2. The third-order valence-electron chi connectivity index (χ3n) is 5.31. The van der Waals surface area contributed by atoms with E-state index in [1.807, 2.05) is 0 Å². The molecule has 2 fully saturated rings. The highest BCUT2D eigenvalue weighted by Crippen LogP contribution is 2.24. The molecule has 6 nitrogen and oxygen atoms in total. The normalized spacial score (nSPS) is 31.1. The van der Waals surface area contributed by atoms with Gasteiger partial charge in [0.25, 0.3) is 5.91 Å². The summed E-state index contributed by atoms with van der Waals surface area (Å²) in [5.41, 5.74) is 2.56. The lowest BCUT2D eigenvalue weighted by Crippen LogP contribution is -2.53. The average molecular weight is 323 g/mol. The highest BCUT2D eigenvalue weighted by molar-refractivity contribution is 6.08. The number of likely N-dealkylation sites (tertiary alicyclic amines) is 1. The standard InChI is InChI=1S/C16H30BN3O3/c1-3-12-4-5-15(20(9-12)11(2)21)16(22)19-23-10-14-6-13(7-17)8-18-14/h12-15,18H,3-10,17H2,1-2H3,(H,19,22)/t12?,13?,14?,15-/m0/s1. The van der Waals surface area contributed by atoms with Gasteiger partial charge in [0.1, 0.15) is 13.9 Å². The quantitative estimate of drug-likeness (QED) is 0.537. The molecule has 2 aliphatic rings. The van der Waals surface area contributed by atoms with Gasteiger partial charge >= 0.3 is 0 Å². The highest BCUT2D eigenvalue weighted by atomic mass is 16.7. The number of nitrogens with zero attached hydrogens (tertiary/aromatic N) is 1. The van der Waals surface area contributed by atoms with Gasteiger partial charge in [-0.1, -0.05) is 19.7 Å². The van der Waals surface area contributed by atoms with Crippen molar-refractivity contribution in [3.8, 4) is 0 Å². The van der Waals surface area contributed by atoms with Crippen molar-refractivity contribution in [3.05, 3.63) is 0 Å². The molecule has 2 saturated heterocycles. The van der Waals surface area contributed by atoms with Gasteiger partial charge in [0.2, 0.25) is 5.91 Å². The van der Waals surface area contributed by atoms with E-state index in [2.05, 4.69) is 25.6 Å². The number of hydroxylamine groups is 1. The van der Waals surface area contributed by atoms with Crippen LogP contribution in [0.4, 0.5) is 0 Å². The molecule has 4 atom stereocenters. The lowest BCUT2D eigenvalue weighted by Gasteiger charge is -2.37. The highest BCUT2D eigenvalue weighted by Gasteiger charge is 2.34. The molecule has 0 bridgehead atoms. The molecule has 2 amide bonds. The number of carbonyl (C=O) groups is 2. The molecule has 2 rings (SSSR count). The van der Waals surface area contributed by atoms with E-state index in [0.717, 1.165) is 25.8 Å². The van der Waals surface area contributed by atoms with E-state index in [-0.39, 0.29) is 11.8 Å². The molecule has 0 aromatic carbocycles. The summed E-state index contributed by atoms with van der Waals surface area (Å²) in [7, 11) is 2.19. The van der Waals surface area contributed by atoms with E-state index < -0.39 is 6.04 Å². The summed E-state index contributed by atoms with van der Waals surface area (Å²) < 4.78 is 0. The van der Waals surface area contributed by atoms with Crippen molar-refractivity contribution in [1.82, 2.24) is 15.7 Å². The van der Waals surface area contributed by atoms with Crippen LogP contribution in [0.5, 0.6) is 0 Å². The van der Waals surface area contributed by atoms with Gasteiger partial charge in [0.15, 0.2) is 0 Å². The Bertz CT molecular complexity index is 421. The van der Waals surface area contributed by atoms with E-state index in [1.165, 1.54) is 13.2 Å². The van der Waals surface area contributed by atoms with Crippen LogP contribution < -0.4 is 10.8 Å². The second-order valence-corrected chi connectivity index (χ2v) is 6.93. The Balaban J connectivity index is 1.77. The number of amides is 2. The molecule has 2 N–H and O–H groups in total. The molecule has 0 aromatic rings. The summed E-state index contributed by atoms with van der Waals surface area (Å²) in [4.78, 5) is 31.3. The number of rotatable bonds is 6. The molecule has 130 valence electrons. The van der Waals surface area contributed by atoms with Crippen LogP contribution in [0.1, 0.15) is 39.5 Å². The lowest BCUT2D eigenvalue weighted by atomic mass is 9.89. The smallest absolute Gasteiger partial charge is 0.266 e. The third-order valence-corrected chi connectivity index (χ3v) is 5.31. The number of nitrogens with one attached hydrogen (secondary N) is 2. The zero-order valence-corrected chi connectivity index (χ0v) is 14.6. The summed E-state index contributed by atoms with van der Waals surface area (Å²) in [6, 6.07) is -0.0878. The fourth-order valence-corrected chi connectivity index (χ4v) is 3.62. The molecule has 0 aliphatic carbocycles. The maximum Gasteiger partial charge on any atom is 0.266 e. The summed E-state index contributed by atoms with van der Waals surface area (Å²) in [5, 5.41) is 3.41. The zero-order chi connectivity index (χ0) is 16.8. The predicted octanol–water partition coefficient (Wildman–Crippen LogP) is 0.101. The molecule has 2 heterocycles. The molecular weight excluding hydrogens is 293 g/mol. The van der Waals surface area contributed by atoms with E-state index in [9.17, 15) is 9.59 Å². The maximum atomic E-state index is 12.4. The van der Waals surface area contributed by atoms with Crippen molar-refractivity contribution < 1.29 is 14.4 Å². The molecule has 0 spiro atoms. The minimum absolute atomic E-state index is 0.0356. The number of hydrogen-bond acceptors (Lipinski definition) is 4. The van der Waals surface area contributed by atoms with Crippen molar-refractivity contribution in [1.29, 1.82) is 0 Å². The van der Waals surface area contributed by atoms with Crippen LogP contribution in [0.3, 0.4) is 0 Å². The van der Waals surface area contributed by atoms with Crippen LogP contribution >= 0.6 is 0 Å². The Morgan fingerprint density at radius 1 is 1.35 bits per heavy atom. The van der Waals surface area contributed by atoms with Crippen LogP contribution in [0.2, 0.25) is 6.32 Å². The van der Waals surface area contributed by atoms with E-state index in [0.29, 0.717) is 37.5 Å². The Labute approximate surface area is 140 Å². The average Bonchev–Trinajstić information content (AvgIpc) is 3.02. The van der Waals surface area contributed by atoms with Crippen molar-refractivity contribution in [3.63, 3.8) is 0 Å². The van der Waals surface area contributed by atoms with Crippen molar-refractivity contribution in [2.75, 3.05) is 19.7 Å². The molecular formula is C16H30BN3O3. The second kappa shape index (κ2) is 8.69. The summed E-state index contributed by atoms with van der Waals surface area (Å²) in [6.45, 7) is 5.84. The van der Waals surface area contributed by atoms with Crippen LogP contribution in [0.15, 0.2) is 0 Å². The topological polar surface area (TPSA) is 70.7 Å². The summed E-state index contributed by atoms with van der Waals surface area (Å²) in [6.07, 6.45) is 5.01. The van der Waals surface area contributed by atoms with Crippen LogP contribution in [-0.2, 0) is 14.4 Å². The fourth-order valence-electron chi connectivity index (χ4n) is 3.62. The molecule has 3 unspecified atom stereocenters. The number of piperidine rings is 1. The van der Waals surface area contributed by atoms with E-state index in [4.69, 9.17) is 4.84 Å². The number of carbonyl (C=O) groups excluding carboxylic acids is 2.